The summed E-state index contributed by atoms with van der Waals surface area (Å²) in [5, 5.41) is 0.765. The number of rotatable bonds is 8. The van der Waals surface area contributed by atoms with Crippen LogP contribution in [0.25, 0.3) is 33.1 Å². The molecule has 4 aromatic rings. The predicted octanol–water partition coefficient (Wildman–Crippen LogP) is 7.03. The van der Waals surface area contributed by atoms with Gasteiger partial charge >= 0.3 is 18.1 Å². The molecule has 0 spiro atoms. The molecule has 0 N–H and O–H groups in total. The molecular weight excluding hydrogens is 473 g/mol. The maximum Gasteiger partial charge on any atom is 0.423 e. The van der Waals surface area contributed by atoms with Gasteiger partial charge in [-0.25, -0.2) is 9.59 Å². The topological polar surface area (TPSA) is 65.7 Å². The Morgan fingerprint density at radius 2 is 1.56 bits per heavy atom. The number of carbonyl (C=O) groups is 2. The van der Waals surface area contributed by atoms with Gasteiger partial charge in [0.25, 0.3) is 0 Å². The molecule has 0 aliphatic rings. The van der Waals surface area contributed by atoms with Crippen molar-refractivity contribution in [3.63, 3.8) is 0 Å². The van der Waals surface area contributed by atoms with Crippen LogP contribution < -0.4 is 4.74 Å². The van der Waals surface area contributed by atoms with Crippen molar-refractivity contribution >= 4 is 33.9 Å². The smallest absolute Gasteiger partial charge is 0.423 e. The fourth-order valence-electron chi connectivity index (χ4n) is 3.88. The quantitative estimate of drug-likeness (QED) is 0.114. The maximum absolute atomic E-state index is 13.9. The lowest BCUT2D eigenvalue weighted by Crippen LogP contribution is -2.12. The van der Waals surface area contributed by atoms with Crippen molar-refractivity contribution < 1.29 is 36.7 Å². The standard InChI is InChI=1S/C28H21F3O5/c1-3-24(32)34-15-5-6-17-7-9-18(10-8-17)19-11-12-20-21-13-14-22(35-25(33)4-2)26(28(29,30)31)27(21)36-23(20)16-19/h3-4,7-14,16H,1-2,5-6,15H2. The van der Waals surface area contributed by atoms with Crippen LogP contribution >= 0.6 is 0 Å². The first-order chi connectivity index (χ1) is 17.2. The van der Waals surface area contributed by atoms with Gasteiger partial charge in [-0.3, -0.25) is 0 Å². The summed E-state index contributed by atoms with van der Waals surface area (Å²) in [6, 6.07) is 15.4. The van der Waals surface area contributed by atoms with E-state index in [1.54, 1.807) is 18.2 Å². The molecule has 0 amide bonds. The molecule has 0 radical (unpaired) electrons. The second-order valence-corrected chi connectivity index (χ2v) is 7.92. The first-order valence-electron chi connectivity index (χ1n) is 11.0. The highest BCUT2D eigenvalue weighted by atomic mass is 19.4. The molecule has 4 rings (SSSR count). The molecule has 0 saturated carbocycles. The van der Waals surface area contributed by atoms with E-state index in [-0.39, 0.29) is 11.0 Å². The largest absolute Gasteiger partial charge is 0.463 e. The van der Waals surface area contributed by atoms with Crippen molar-refractivity contribution in [2.75, 3.05) is 6.61 Å². The maximum atomic E-state index is 13.9. The third-order valence-corrected chi connectivity index (χ3v) is 5.57. The molecular formula is C28H21F3O5. The molecule has 3 aromatic carbocycles. The van der Waals surface area contributed by atoms with Crippen LogP contribution in [0.2, 0.25) is 0 Å². The third-order valence-electron chi connectivity index (χ3n) is 5.57. The lowest BCUT2D eigenvalue weighted by atomic mass is 10.0. The zero-order chi connectivity index (χ0) is 25.9. The van der Waals surface area contributed by atoms with Crippen LogP contribution in [0.3, 0.4) is 0 Å². The summed E-state index contributed by atoms with van der Waals surface area (Å²) in [7, 11) is 0. The van der Waals surface area contributed by atoms with Crippen LogP contribution in [0.15, 0.2) is 84.3 Å². The van der Waals surface area contributed by atoms with Gasteiger partial charge in [0.1, 0.15) is 16.9 Å². The molecule has 1 heterocycles. The van der Waals surface area contributed by atoms with E-state index in [4.69, 9.17) is 13.9 Å². The molecule has 5 nitrogen and oxygen atoms in total. The van der Waals surface area contributed by atoms with Gasteiger partial charge in [0.15, 0.2) is 5.58 Å². The van der Waals surface area contributed by atoms with Gasteiger partial charge in [0.05, 0.1) is 6.61 Å². The van der Waals surface area contributed by atoms with Crippen molar-refractivity contribution in [2.45, 2.75) is 19.0 Å². The first-order valence-corrected chi connectivity index (χ1v) is 11.0. The van der Waals surface area contributed by atoms with E-state index < -0.39 is 35.0 Å². The van der Waals surface area contributed by atoms with Crippen molar-refractivity contribution in [1.29, 1.82) is 0 Å². The van der Waals surface area contributed by atoms with Gasteiger partial charge in [0.2, 0.25) is 0 Å². The summed E-state index contributed by atoms with van der Waals surface area (Å²) in [6.07, 6.45) is -1.53. The van der Waals surface area contributed by atoms with Crippen LogP contribution in [0, 0.1) is 0 Å². The number of aryl methyl sites for hydroxylation is 1. The average molecular weight is 494 g/mol. The second-order valence-electron chi connectivity index (χ2n) is 7.92. The molecule has 0 unspecified atom stereocenters. The van der Waals surface area contributed by atoms with Crippen LogP contribution in [-0.4, -0.2) is 18.5 Å². The highest BCUT2D eigenvalue weighted by Crippen LogP contribution is 2.44. The Bertz CT molecular complexity index is 1460. The Morgan fingerprint density at radius 1 is 0.889 bits per heavy atom. The van der Waals surface area contributed by atoms with Crippen LogP contribution in [0.4, 0.5) is 13.2 Å². The number of ether oxygens (including phenoxy) is 2. The molecule has 184 valence electrons. The molecule has 0 atom stereocenters. The zero-order valence-corrected chi connectivity index (χ0v) is 19.1. The van der Waals surface area contributed by atoms with Crippen molar-refractivity contribution in [1.82, 2.24) is 0 Å². The minimum absolute atomic E-state index is 0.259. The number of benzene rings is 3. The van der Waals surface area contributed by atoms with Gasteiger partial charge in [-0.15, -0.1) is 0 Å². The number of hydrogen-bond donors (Lipinski definition) is 0. The van der Waals surface area contributed by atoms with E-state index in [9.17, 15) is 22.8 Å². The number of halogens is 3. The summed E-state index contributed by atoms with van der Waals surface area (Å²) >= 11 is 0. The summed E-state index contributed by atoms with van der Waals surface area (Å²) in [4.78, 5) is 22.6. The molecule has 0 aliphatic carbocycles. The summed E-state index contributed by atoms with van der Waals surface area (Å²) < 4.78 is 57.2. The van der Waals surface area contributed by atoms with E-state index in [0.717, 1.165) is 34.9 Å². The van der Waals surface area contributed by atoms with Gasteiger partial charge in [-0.2, -0.15) is 13.2 Å². The van der Waals surface area contributed by atoms with Crippen molar-refractivity contribution in [3.8, 4) is 16.9 Å². The lowest BCUT2D eigenvalue weighted by Gasteiger charge is -2.12. The highest BCUT2D eigenvalue weighted by Gasteiger charge is 2.39. The van der Waals surface area contributed by atoms with Crippen molar-refractivity contribution in [2.24, 2.45) is 0 Å². The predicted molar refractivity (Wildman–Crippen MR) is 129 cm³/mol. The third kappa shape index (κ3) is 5.17. The molecule has 0 aliphatic heterocycles. The summed E-state index contributed by atoms with van der Waals surface area (Å²) in [5.74, 6) is -2.10. The average Bonchev–Trinajstić information content (AvgIpc) is 3.23. The van der Waals surface area contributed by atoms with Crippen LogP contribution in [-0.2, 0) is 26.9 Å². The van der Waals surface area contributed by atoms with Gasteiger partial charge in [0, 0.05) is 22.9 Å². The van der Waals surface area contributed by atoms with Crippen LogP contribution in [0.5, 0.6) is 5.75 Å². The van der Waals surface area contributed by atoms with E-state index in [1.807, 2.05) is 24.3 Å². The molecule has 8 heteroatoms. The van der Waals surface area contributed by atoms with E-state index in [0.29, 0.717) is 24.8 Å². The van der Waals surface area contributed by atoms with Crippen LogP contribution in [0.1, 0.15) is 17.5 Å². The number of carbonyl (C=O) groups excluding carboxylic acids is 2. The summed E-state index contributed by atoms with van der Waals surface area (Å²) in [6.45, 7) is 6.86. The molecule has 36 heavy (non-hydrogen) atoms. The fraction of sp³-hybridized carbons (Fsp3) is 0.143. The molecule has 0 bridgehead atoms. The van der Waals surface area contributed by atoms with Crippen molar-refractivity contribution in [3.05, 3.63) is 91.0 Å². The Morgan fingerprint density at radius 3 is 2.22 bits per heavy atom. The zero-order valence-electron chi connectivity index (χ0n) is 19.1. The Balaban J connectivity index is 1.64. The number of hydrogen-bond acceptors (Lipinski definition) is 5. The van der Waals surface area contributed by atoms with Gasteiger partial charge < -0.3 is 13.9 Å². The minimum Gasteiger partial charge on any atom is -0.463 e. The molecule has 0 saturated heterocycles. The Labute approximate surface area is 204 Å². The molecule has 0 fully saturated rings. The Hall–Kier alpha value is -4.33. The number of alkyl halides is 3. The number of esters is 2. The minimum atomic E-state index is -4.81. The normalized spacial score (nSPS) is 11.4. The SMILES string of the molecule is C=CC(=O)OCCCc1ccc(-c2ccc3c(c2)oc2c(C(F)(F)F)c(OC(=O)C=C)ccc23)cc1. The Kier molecular flexibility index (Phi) is 6.96. The van der Waals surface area contributed by atoms with E-state index >= 15 is 0 Å². The monoisotopic (exact) mass is 494 g/mol. The number of fused-ring (bicyclic) bond motifs is 3. The molecule has 1 aromatic heterocycles. The van der Waals surface area contributed by atoms with E-state index in [1.165, 1.54) is 6.07 Å². The highest BCUT2D eigenvalue weighted by molar-refractivity contribution is 6.07. The first kappa shape index (κ1) is 24.8. The second kappa shape index (κ2) is 10.1. The lowest BCUT2D eigenvalue weighted by molar-refractivity contribution is -0.140. The number of furan rings is 1. The fourth-order valence-corrected chi connectivity index (χ4v) is 3.88. The van der Waals surface area contributed by atoms with Gasteiger partial charge in [-0.05, 0) is 53.8 Å². The van der Waals surface area contributed by atoms with Gasteiger partial charge in [-0.1, -0.05) is 43.5 Å². The van der Waals surface area contributed by atoms with E-state index in [2.05, 4.69) is 13.2 Å². The summed E-state index contributed by atoms with van der Waals surface area (Å²) in [5.41, 5.74) is 1.38.